The van der Waals surface area contributed by atoms with Crippen LogP contribution >= 0.6 is 0 Å². The van der Waals surface area contributed by atoms with E-state index in [9.17, 15) is 25.2 Å². The van der Waals surface area contributed by atoms with Crippen molar-refractivity contribution in [1.29, 1.82) is 0 Å². The van der Waals surface area contributed by atoms with Gasteiger partial charge in [-0.05, 0) is 86.0 Å². The van der Waals surface area contributed by atoms with Crippen molar-refractivity contribution in [3.05, 3.63) is 11.1 Å². The fourth-order valence-electron chi connectivity index (χ4n) is 7.86. The summed E-state index contributed by atoms with van der Waals surface area (Å²) in [6, 6.07) is 0. The molecule has 0 aliphatic heterocycles. The number of carboxylic acids is 1. The number of fused-ring (bicyclic) bond motifs is 4. The molecule has 0 radical (unpaired) electrons. The molecular formula is C22H34O5. The summed E-state index contributed by atoms with van der Waals surface area (Å²) in [5.41, 5.74) is 2.00. The first-order valence-electron chi connectivity index (χ1n) is 10.6. The lowest BCUT2D eigenvalue weighted by atomic mass is 9.48. The number of hydrogen-bond donors (Lipinski definition) is 4. The first-order valence-corrected chi connectivity index (χ1v) is 10.6. The van der Waals surface area contributed by atoms with Crippen LogP contribution in [0, 0.1) is 34.5 Å². The first kappa shape index (κ1) is 19.4. The number of rotatable bonds is 2. The van der Waals surface area contributed by atoms with Crippen LogP contribution in [0.5, 0.6) is 0 Å². The number of hydrogen-bond acceptors (Lipinski definition) is 4. The summed E-state index contributed by atoms with van der Waals surface area (Å²) in [7, 11) is 0. The highest BCUT2D eigenvalue weighted by Crippen LogP contribution is 2.65. The monoisotopic (exact) mass is 378 g/mol. The predicted octanol–water partition coefficient (Wildman–Crippen LogP) is 2.73. The predicted molar refractivity (Wildman–Crippen MR) is 101 cm³/mol. The van der Waals surface area contributed by atoms with E-state index < -0.39 is 24.1 Å². The molecule has 0 unspecified atom stereocenters. The Morgan fingerprint density at radius 3 is 2.48 bits per heavy atom. The van der Waals surface area contributed by atoms with Gasteiger partial charge < -0.3 is 20.4 Å². The zero-order valence-electron chi connectivity index (χ0n) is 16.7. The smallest absolute Gasteiger partial charge is 0.309 e. The van der Waals surface area contributed by atoms with Gasteiger partial charge in [-0.3, -0.25) is 4.79 Å². The lowest BCUT2D eigenvalue weighted by molar-refractivity contribution is -0.157. The number of aliphatic hydroxyl groups excluding tert-OH is 3. The van der Waals surface area contributed by atoms with Gasteiger partial charge in [-0.2, -0.15) is 0 Å². The van der Waals surface area contributed by atoms with Crippen LogP contribution in [0.1, 0.15) is 65.7 Å². The van der Waals surface area contributed by atoms with Gasteiger partial charge in [-0.25, -0.2) is 0 Å². The Kier molecular flexibility index (Phi) is 4.53. The SMILES string of the molecule is C[C@H](O)[C@@H]1CC[C@@H]2C3=C([C@H](O)C[C@@]21C)[C@]1(C)CC[C@H](O)[C@@H](C(=O)O)[C@@H]1CC3. The lowest BCUT2D eigenvalue weighted by Crippen LogP contribution is -2.54. The van der Waals surface area contributed by atoms with Gasteiger partial charge in [0.2, 0.25) is 0 Å². The van der Waals surface area contributed by atoms with Crippen LogP contribution in [-0.4, -0.2) is 44.7 Å². The van der Waals surface area contributed by atoms with Gasteiger partial charge in [-0.15, -0.1) is 0 Å². The van der Waals surface area contributed by atoms with Gasteiger partial charge in [0.1, 0.15) is 0 Å². The molecule has 4 N–H and O–H groups in total. The van der Waals surface area contributed by atoms with E-state index in [2.05, 4.69) is 13.8 Å². The highest BCUT2D eigenvalue weighted by molar-refractivity contribution is 5.72. The maximum atomic E-state index is 11.9. The average Bonchev–Trinajstić information content (AvgIpc) is 2.91. The lowest BCUT2D eigenvalue weighted by Gasteiger charge is -2.57. The third-order valence-electron chi connectivity index (χ3n) is 8.98. The molecule has 0 amide bonds. The second-order valence-corrected chi connectivity index (χ2v) is 10.2. The van der Waals surface area contributed by atoms with Gasteiger partial charge in [0.25, 0.3) is 0 Å². The molecule has 0 heterocycles. The quantitative estimate of drug-likeness (QED) is 0.554. The second kappa shape index (κ2) is 6.30. The minimum absolute atomic E-state index is 0.0873. The van der Waals surface area contributed by atoms with Crippen molar-refractivity contribution < 1.29 is 25.2 Å². The van der Waals surface area contributed by atoms with Crippen LogP contribution in [0.2, 0.25) is 0 Å². The fraction of sp³-hybridized carbons (Fsp3) is 0.864. The van der Waals surface area contributed by atoms with Crippen LogP contribution in [0.25, 0.3) is 0 Å². The maximum absolute atomic E-state index is 11.9. The van der Waals surface area contributed by atoms with E-state index in [0.717, 1.165) is 37.7 Å². The number of aliphatic carboxylic acids is 1. The Balaban J connectivity index is 1.78. The molecule has 5 heteroatoms. The molecule has 0 saturated heterocycles. The molecule has 4 aliphatic rings. The minimum Gasteiger partial charge on any atom is -0.481 e. The highest BCUT2D eigenvalue weighted by atomic mass is 16.4. The second-order valence-electron chi connectivity index (χ2n) is 10.2. The van der Waals surface area contributed by atoms with E-state index in [0.29, 0.717) is 18.8 Å². The van der Waals surface area contributed by atoms with Gasteiger partial charge in [-0.1, -0.05) is 19.4 Å². The maximum Gasteiger partial charge on any atom is 0.309 e. The molecule has 2 fully saturated rings. The topological polar surface area (TPSA) is 98.0 Å². The van der Waals surface area contributed by atoms with Crippen LogP contribution in [0.3, 0.4) is 0 Å². The molecule has 27 heavy (non-hydrogen) atoms. The van der Waals surface area contributed by atoms with Gasteiger partial charge in [0.05, 0.1) is 24.2 Å². The number of aliphatic hydroxyl groups is 3. The highest BCUT2D eigenvalue weighted by Gasteiger charge is 2.60. The Morgan fingerprint density at radius 2 is 1.85 bits per heavy atom. The molecule has 0 bridgehead atoms. The molecule has 5 nitrogen and oxygen atoms in total. The summed E-state index contributed by atoms with van der Waals surface area (Å²) in [6.45, 7) is 6.22. The number of carbonyl (C=O) groups is 1. The zero-order chi connectivity index (χ0) is 19.7. The Labute approximate surface area is 161 Å². The van der Waals surface area contributed by atoms with Gasteiger partial charge in [0.15, 0.2) is 0 Å². The summed E-state index contributed by atoms with van der Waals surface area (Å²) < 4.78 is 0. The van der Waals surface area contributed by atoms with Crippen molar-refractivity contribution in [2.45, 2.75) is 84.0 Å². The van der Waals surface area contributed by atoms with Gasteiger partial charge >= 0.3 is 5.97 Å². The summed E-state index contributed by atoms with van der Waals surface area (Å²) >= 11 is 0. The Bertz CT molecular complexity index is 670. The number of carboxylic acid groups (broad SMARTS) is 1. The molecule has 9 atom stereocenters. The minimum atomic E-state index is -0.910. The third-order valence-corrected chi connectivity index (χ3v) is 8.98. The largest absolute Gasteiger partial charge is 0.481 e. The van der Waals surface area contributed by atoms with E-state index in [1.807, 2.05) is 6.92 Å². The van der Waals surface area contributed by atoms with Crippen LogP contribution in [0.15, 0.2) is 11.1 Å². The molecule has 4 rings (SSSR count). The fourth-order valence-corrected chi connectivity index (χ4v) is 7.86. The van der Waals surface area contributed by atoms with Crippen LogP contribution in [0.4, 0.5) is 0 Å². The Morgan fingerprint density at radius 1 is 1.15 bits per heavy atom. The summed E-state index contributed by atoms with van der Waals surface area (Å²) in [6.07, 6.45) is 3.74. The van der Waals surface area contributed by atoms with Crippen molar-refractivity contribution in [3.8, 4) is 0 Å². The van der Waals surface area contributed by atoms with Crippen molar-refractivity contribution in [3.63, 3.8) is 0 Å². The van der Waals surface area contributed by atoms with Crippen molar-refractivity contribution >= 4 is 5.97 Å². The first-order chi connectivity index (χ1) is 12.6. The third kappa shape index (κ3) is 2.57. The van der Waals surface area contributed by atoms with E-state index >= 15 is 0 Å². The van der Waals surface area contributed by atoms with E-state index in [1.54, 1.807) is 0 Å². The van der Waals surface area contributed by atoms with Crippen molar-refractivity contribution in [1.82, 2.24) is 0 Å². The Hall–Kier alpha value is -0.910. The summed E-state index contributed by atoms with van der Waals surface area (Å²) in [4.78, 5) is 11.9. The molecular weight excluding hydrogens is 344 g/mol. The number of allylic oxidation sites excluding steroid dienone is 1. The zero-order valence-corrected chi connectivity index (χ0v) is 16.7. The molecule has 2 saturated carbocycles. The summed E-state index contributed by atoms with van der Waals surface area (Å²) in [5, 5.41) is 41.7. The summed E-state index contributed by atoms with van der Waals surface area (Å²) in [5.74, 6) is -1.19. The van der Waals surface area contributed by atoms with E-state index in [-0.39, 0.29) is 28.8 Å². The average molecular weight is 379 g/mol. The molecule has 0 spiro atoms. The van der Waals surface area contributed by atoms with Crippen molar-refractivity contribution in [2.75, 3.05) is 0 Å². The molecule has 152 valence electrons. The molecule has 0 aromatic rings. The van der Waals surface area contributed by atoms with Gasteiger partial charge in [0, 0.05) is 0 Å². The standard InChI is InChI=1S/C22H34O5/c1-11(23)13-6-7-14-12-4-5-15-18(20(26)27)16(24)8-9-21(15,2)19(12)17(25)10-22(13,14)3/h11,13-18,23-25H,4-10H2,1-3H3,(H,26,27)/t11-,13-,14+,15-,16-,17+,18-,21+,22+/m0/s1. The van der Waals surface area contributed by atoms with Crippen LogP contribution < -0.4 is 0 Å². The normalized spacial score (nSPS) is 50.6. The van der Waals surface area contributed by atoms with Crippen LogP contribution in [-0.2, 0) is 4.79 Å². The van der Waals surface area contributed by atoms with Crippen molar-refractivity contribution in [2.24, 2.45) is 34.5 Å². The van der Waals surface area contributed by atoms with E-state index in [4.69, 9.17) is 0 Å². The molecule has 0 aromatic heterocycles. The molecule has 0 aromatic carbocycles. The van der Waals surface area contributed by atoms with E-state index in [1.165, 1.54) is 5.57 Å². The molecule has 4 aliphatic carbocycles.